The Morgan fingerprint density at radius 3 is 2.56 bits per heavy atom. The number of rotatable bonds is 3. The third kappa shape index (κ3) is 2.76. The Balaban J connectivity index is 1.98. The Bertz CT molecular complexity index is 329. The number of aliphatic hydroxyl groups is 1. The first kappa shape index (κ1) is 11.5. The van der Waals surface area contributed by atoms with Crippen LogP contribution in [0.5, 0.6) is 0 Å². The van der Waals surface area contributed by atoms with Gasteiger partial charge >= 0.3 is 0 Å². The quantitative estimate of drug-likeness (QED) is 0.819. The predicted molar refractivity (Wildman–Crippen MR) is 67.7 cm³/mol. The van der Waals surface area contributed by atoms with Gasteiger partial charge in [0.25, 0.3) is 0 Å². The van der Waals surface area contributed by atoms with Crippen molar-refractivity contribution in [2.24, 2.45) is 0 Å². The maximum atomic E-state index is 9.47. The zero-order valence-corrected chi connectivity index (χ0v) is 9.95. The molecule has 2 heteroatoms. The van der Waals surface area contributed by atoms with Crippen LogP contribution in [0.15, 0.2) is 24.3 Å². The molecular weight excluding hydrogens is 198 g/mol. The molecule has 88 valence electrons. The van der Waals surface area contributed by atoms with E-state index < -0.39 is 0 Å². The van der Waals surface area contributed by atoms with Crippen LogP contribution >= 0.6 is 0 Å². The normalized spacial score (nSPS) is 25.4. The maximum absolute atomic E-state index is 9.47. The highest BCUT2D eigenvalue weighted by molar-refractivity contribution is 5.51. The number of aliphatic hydroxyl groups excluding tert-OH is 1. The average Bonchev–Trinajstić information content (AvgIpc) is 2.33. The standard InChI is InChI=1S/C14H21NO/c1-2-11-5-3-4-6-14(11)15-12-7-9-13(16)10-8-12/h3-6,12-13,15-16H,2,7-10H2,1H3. The van der Waals surface area contributed by atoms with E-state index in [2.05, 4.69) is 36.5 Å². The molecule has 0 radical (unpaired) electrons. The van der Waals surface area contributed by atoms with Crippen LogP contribution in [0.4, 0.5) is 5.69 Å². The zero-order valence-electron chi connectivity index (χ0n) is 9.95. The van der Waals surface area contributed by atoms with Crippen LogP contribution < -0.4 is 5.32 Å². The molecule has 0 spiro atoms. The molecule has 1 aromatic rings. The van der Waals surface area contributed by atoms with Crippen molar-refractivity contribution < 1.29 is 5.11 Å². The van der Waals surface area contributed by atoms with Crippen molar-refractivity contribution in [1.82, 2.24) is 0 Å². The third-order valence-corrected chi connectivity index (χ3v) is 3.45. The van der Waals surface area contributed by atoms with Gasteiger partial charge in [-0.1, -0.05) is 25.1 Å². The lowest BCUT2D eigenvalue weighted by molar-refractivity contribution is 0.126. The second kappa shape index (κ2) is 5.35. The highest BCUT2D eigenvalue weighted by atomic mass is 16.3. The molecule has 1 aliphatic rings. The van der Waals surface area contributed by atoms with Crippen LogP contribution in [0.2, 0.25) is 0 Å². The van der Waals surface area contributed by atoms with Gasteiger partial charge in [-0.05, 0) is 43.7 Å². The van der Waals surface area contributed by atoms with Crippen molar-refractivity contribution in [3.8, 4) is 0 Å². The number of aryl methyl sites for hydroxylation is 1. The highest BCUT2D eigenvalue weighted by Crippen LogP contribution is 2.24. The maximum Gasteiger partial charge on any atom is 0.0541 e. The van der Waals surface area contributed by atoms with Crippen LogP contribution in [0, 0.1) is 0 Å². The largest absolute Gasteiger partial charge is 0.393 e. The zero-order chi connectivity index (χ0) is 11.4. The van der Waals surface area contributed by atoms with Gasteiger partial charge in [0.15, 0.2) is 0 Å². The van der Waals surface area contributed by atoms with E-state index in [0.717, 1.165) is 32.1 Å². The number of anilines is 1. The third-order valence-electron chi connectivity index (χ3n) is 3.45. The van der Waals surface area contributed by atoms with Crippen molar-refractivity contribution in [3.63, 3.8) is 0 Å². The molecule has 2 nitrogen and oxygen atoms in total. The monoisotopic (exact) mass is 219 g/mol. The lowest BCUT2D eigenvalue weighted by atomic mass is 9.92. The number of hydrogen-bond donors (Lipinski definition) is 2. The number of para-hydroxylation sites is 1. The molecule has 16 heavy (non-hydrogen) atoms. The second-order valence-corrected chi connectivity index (χ2v) is 4.66. The molecule has 0 heterocycles. The Morgan fingerprint density at radius 1 is 1.19 bits per heavy atom. The fourth-order valence-corrected chi connectivity index (χ4v) is 2.41. The SMILES string of the molecule is CCc1ccccc1NC1CCC(O)CC1. The topological polar surface area (TPSA) is 32.3 Å². The lowest BCUT2D eigenvalue weighted by Gasteiger charge is -2.27. The van der Waals surface area contributed by atoms with Gasteiger partial charge in [0.1, 0.15) is 0 Å². The van der Waals surface area contributed by atoms with E-state index in [1.165, 1.54) is 11.3 Å². The summed E-state index contributed by atoms with van der Waals surface area (Å²) in [5.41, 5.74) is 2.65. The molecule has 0 bridgehead atoms. The number of benzene rings is 1. The van der Waals surface area contributed by atoms with E-state index in [1.807, 2.05) is 0 Å². The minimum atomic E-state index is -0.0699. The fraction of sp³-hybridized carbons (Fsp3) is 0.571. The van der Waals surface area contributed by atoms with Crippen molar-refractivity contribution in [3.05, 3.63) is 29.8 Å². The van der Waals surface area contributed by atoms with Crippen molar-refractivity contribution in [1.29, 1.82) is 0 Å². The molecule has 2 N–H and O–H groups in total. The van der Waals surface area contributed by atoms with Crippen LogP contribution in [0.25, 0.3) is 0 Å². The lowest BCUT2D eigenvalue weighted by Crippen LogP contribution is -2.28. The minimum absolute atomic E-state index is 0.0699. The van der Waals surface area contributed by atoms with Gasteiger partial charge in [-0.25, -0.2) is 0 Å². The molecule has 2 rings (SSSR count). The first-order chi connectivity index (χ1) is 7.79. The van der Waals surface area contributed by atoms with Crippen LogP contribution in [0.1, 0.15) is 38.2 Å². The number of hydrogen-bond acceptors (Lipinski definition) is 2. The van der Waals surface area contributed by atoms with Gasteiger partial charge in [-0.3, -0.25) is 0 Å². The summed E-state index contributed by atoms with van der Waals surface area (Å²) in [6.07, 6.45) is 5.04. The molecule has 0 unspecified atom stereocenters. The van der Waals surface area contributed by atoms with E-state index in [0.29, 0.717) is 6.04 Å². The van der Waals surface area contributed by atoms with Crippen molar-refractivity contribution >= 4 is 5.69 Å². The molecule has 0 atom stereocenters. The predicted octanol–water partition coefficient (Wildman–Crippen LogP) is 2.96. The highest BCUT2D eigenvalue weighted by Gasteiger charge is 2.19. The summed E-state index contributed by atoms with van der Waals surface area (Å²) in [6, 6.07) is 9.05. The van der Waals surface area contributed by atoms with Crippen molar-refractivity contribution in [2.75, 3.05) is 5.32 Å². The smallest absolute Gasteiger partial charge is 0.0541 e. The van der Waals surface area contributed by atoms with E-state index >= 15 is 0 Å². The summed E-state index contributed by atoms with van der Waals surface area (Å²) in [4.78, 5) is 0. The molecule has 0 aromatic heterocycles. The van der Waals surface area contributed by atoms with E-state index in [4.69, 9.17) is 0 Å². The Labute approximate surface area is 97.7 Å². The van der Waals surface area contributed by atoms with Gasteiger partial charge in [0.05, 0.1) is 6.10 Å². The molecular formula is C14H21NO. The molecule has 1 saturated carbocycles. The first-order valence-electron chi connectivity index (χ1n) is 6.32. The van der Waals surface area contributed by atoms with Crippen LogP contribution in [0.3, 0.4) is 0 Å². The molecule has 1 aromatic carbocycles. The Hall–Kier alpha value is -1.02. The summed E-state index contributed by atoms with van der Waals surface area (Å²) in [6.45, 7) is 2.19. The summed E-state index contributed by atoms with van der Waals surface area (Å²) in [5, 5.41) is 13.1. The second-order valence-electron chi connectivity index (χ2n) is 4.66. The molecule has 0 saturated heterocycles. The van der Waals surface area contributed by atoms with Gasteiger partial charge in [0, 0.05) is 11.7 Å². The summed E-state index contributed by atoms with van der Waals surface area (Å²) in [5.74, 6) is 0. The number of nitrogens with one attached hydrogen (secondary N) is 1. The molecule has 1 aliphatic carbocycles. The molecule has 0 amide bonds. The van der Waals surface area contributed by atoms with Gasteiger partial charge in [0.2, 0.25) is 0 Å². The van der Waals surface area contributed by atoms with E-state index in [9.17, 15) is 5.11 Å². The van der Waals surface area contributed by atoms with E-state index in [1.54, 1.807) is 0 Å². The first-order valence-corrected chi connectivity index (χ1v) is 6.32. The van der Waals surface area contributed by atoms with Crippen LogP contribution in [-0.4, -0.2) is 17.3 Å². The summed E-state index contributed by atoms with van der Waals surface area (Å²) < 4.78 is 0. The minimum Gasteiger partial charge on any atom is -0.393 e. The Morgan fingerprint density at radius 2 is 1.88 bits per heavy atom. The molecule has 0 aliphatic heterocycles. The van der Waals surface area contributed by atoms with E-state index in [-0.39, 0.29) is 6.10 Å². The van der Waals surface area contributed by atoms with Gasteiger partial charge in [-0.2, -0.15) is 0 Å². The van der Waals surface area contributed by atoms with Crippen molar-refractivity contribution in [2.45, 2.75) is 51.2 Å². The van der Waals surface area contributed by atoms with Gasteiger partial charge < -0.3 is 10.4 Å². The summed E-state index contributed by atoms with van der Waals surface area (Å²) in [7, 11) is 0. The fourth-order valence-electron chi connectivity index (χ4n) is 2.41. The average molecular weight is 219 g/mol. The van der Waals surface area contributed by atoms with Gasteiger partial charge in [-0.15, -0.1) is 0 Å². The van der Waals surface area contributed by atoms with Crippen LogP contribution in [-0.2, 0) is 6.42 Å². The Kier molecular flexibility index (Phi) is 3.83. The summed E-state index contributed by atoms with van der Waals surface area (Å²) >= 11 is 0. The molecule has 1 fully saturated rings.